The van der Waals surface area contributed by atoms with E-state index in [1.807, 2.05) is 13.1 Å². The van der Waals surface area contributed by atoms with Crippen LogP contribution >= 0.6 is 11.3 Å². The molecule has 1 aromatic heterocycles. The van der Waals surface area contributed by atoms with Gasteiger partial charge >= 0.3 is 6.61 Å². The molecular formula is C14H16F2N2O2S. The van der Waals surface area contributed by atoms with Crippen molar-refractivity contribution in [2.45, 2.75) is 27.0 Å². The molecule has 0 radical (unpaired) electrons. The minimum absolute atomic E-state index is 0.0334. The second-order valence-corrected chi connectivity index (χ2v) is 5.49. The number of aromatic nitrogens is 1. The van der Waals surface area contributed by atoms with Crippen molar-refractivity contribution in [3.05, 3.63) is 34.3 Å². The van der Waals surface area contributed by atoms with Crippen molar-refractivity contribution in [1.82, 2.24) is 4.98 Å². The largest absolute Gasteiger partial charge is 0.490 e. The zero-order valence-corrected chi connectivity index (χ0v) is 12.5. The molecule has 0 amide bonds. The molecule has 0 saturated carbocycles. The summed E-state index contributed by atoms with van der Waals surface area (Å²) in [7, 11) is 0. The summed E-state index contributed by atoms with van der Waals surface area (Å²) in [5, 5.41) is 4.20. The number of nitrogens with zero attached hydrogens (tertiary/aromatic N) is 1. The third-order valence-corrected chi connectivity index (χ3v) is 3.51. The third-order valence-electron chi connectivity index (χ3n) is 2.60. The van der Waals surface area contributed by atoms with Gasteiger partial charge in [0.2, 0.25) is 0 Å². The summed E-state index contributed by atoms with van der Waals surface area (Å²) in [4.78, 5) is 5.27. The number of halogens is 2. The maximum atomic E-state index is 12.3. The minimum atomic E-state index is -2.87. The van der Waals surface area contributed by atoms with Crippen molar-refractivity contribution >= 4 is 17.0 Å². The van der Waals surface area contributed by atoms with E-state index >= 15 is 0 Å². The molecular weight excluding hydrogens is 298 g/mol. The lowest BCUT2D eigenvalue weighted by Crippen LogP contribution is -2.05. The predicted octanol–water partition coefficient (Wildman–Crippen LogP) is 4.06. The fourth-order valence-corrected chi connectivity index (χ4v) is 2.49. The van der Waals surface area contributed by atoms with E-state index in [0.717, 1.165) is 15.6 Å². The molecule has 0 aliphatic rings. The molecule has 0 atom stereocenters. The van der Waals surface area contributed by atoms with E-state index in [1.54, 1.807) is 30.4 Å². The summed E-state index contributed by atoms with van der Waals surface area (Å²) < 4.78 is 34.4. The Labute approximate surface area is 125 Å². The Hall–Kier alpha value is -1.89. The summed E-state index contributed by atoms with van der Waals surface area (Å²) >= 11 is 1.60. The summed E-state index contributed by atoms with van der Waals surface area (Å²) in [6.07, 6.45) is 1.81. The summed E-state index contributed by atoms with van der Waals surface area (Å²) in [5.41, 5.74) is 0.770. The lowest BCUT2D eigenvalue weighted by molar-refractivity contribution is -0.0514. The van der Waals surface area contributed by atoms with Crippen LogP contribution in [0.3, 0.4) is 0 Å². The van der Waals surface area contributed by atoms with Crippen molar-refractivity contribution in [2.24, 2.45) is 0 Å². The standard InChI is InChI=1S/C14H16F2N2O2S/c1-3-19-13-6-10(4-5-12(13)20-14(15)16)18-8-11-7-17-9(2)21-11/h4-7,14,18H,3,8H2,1-2H3. The zero-order valence-electron chi connectivity index (χ0n) is 11.7. The van der Waals surface area contributed by atoms with Gasteiger partial charge in [-0.15, -0.1) is 11.3 Å². The first kappa shape index (κ1) is 15.5. The normalized spacial score (nSPS) is 10.7. The second-order valence-electron chi connectivity index (χ2n) is 4.17. The number of anilines is 1. The van der Waals surface area contributed by atoms with Crippen molar-refractivity contribution < 1.29 is 18.3 Å². The van der Waals surface area contributed by atoms with E-state index in [4.69, 9.17) is 4.74 Å². The van der Waals surface area contributed by atoms with Crippen LogP contribution in [0, 0.1) is 6.92 Å². The average Bonchev–Trinajstić information content (AvgIpc) is 2.84. The smallest absolute Gasteiger partial charge is 0.387 e. The van der Waals surface area contributed by atoms with Crippen molar-refractivity contribution in [1.29, 1.82) is 0 Å². The highest BCUT2D eigenvalue weighted by atomic mass is 32.1. The number of rotatable bonds is 7. The quantitative estimate of drug-likeness (QED) is 0.837. The Bertz CT molecular complexity index is 590. The average molecular weight is 314 g/mol. The Morgan fingerprint density at radius 3 is 2.76 bits per heavy atom. The van der Waals surface area contributed by atoms with E-state index in [0.29, 0.717) is 18.9 Å². The zero-order chi connectivity index (χ0) is 15.2. The Kier molecular flexibility index (Phi) is 5.32. The maximum Gasteiger partial charge on any atom is 0.387 e. The SMILES string of the molecule is CCOc1cc(NCc2cnc(C)s2)ccc1OC(F)F. The van der Waals surface area contributed by atoms with Crippen LogP contribution in [-0.2, 0) is 6.54 Å². The van der Waals surface area contributed by atoms with Crippen molar-refractivity contribution in [2.75, 3.05) is 11.9 Å². The number of benzene rings is 1. The van der Waals surface area contributed by atoms with Gasteiger partial charge in [-0.2, -0.15) is 8.78 Å². The fourth-order valence-electron chi connectivity index (χ4n) is 1.76. The molecule has 0 unspecified atom stereocenters. The van der Waals surface area contributed by atoms with Crippen molar-refractivity contribution in [3.8, 4) is 11.5 Å². The topological polar surface area (TPSA) is 43.4 Å². The molecule has 0 aliphatic carbocycles. The van der Waals surface area contributed by atoms with E-state index < -0.39 is 6.61 Å². The van der Waals surface area contributed by atoms with E-state index in [1.165, 1.54) is 6.07 Å². The summed E-state index contributed by atoms with van der Waals surface area (Å²) in [6.45, 7) is 1.84. The molecule has 2 rings (SSSR count). The lowest BCUT2D eigenvalue weighted by atomic mass is 10.2. The van der Waals surface area contributed by atoms with Gasteiger partial charge in [-0.05, 0) is 26.0 Å². The van der Waals surface area contributed by atoms with Gasteiger partial charge in [-0.1, -0.05) is 0 Å². The molecule has 1 aromatic carbocycles. The number of alkyl halides is 2. The number of nitrogens with one attached hydrogen (secondary N) is 1. The van der Waals surface area contributed by atoms with Crippen molar-refractivity contribution in [3.63, 3.8) is 0 Å². The molecule has 0 aliphatic heterocycles. The molecule has 0 fully saturated rings. The van der Waals surface area contributed by atoms with Gasteiger partial charge < -0.3 is 14.8 Å². The van der Waals surface area contributed by atoms with Crippen LogP contribution in [0.1, 0.15) is 16.8 Å². The van der Waals surface area contributed by atoms with Gasteiger partial charge in [0.25, 0.3) is 0 Å². The monoisotopic (exact) mass is 314 g/mol. The highest BCUT2D eigenvalue weighted by molar-refractivity contribution is 7.11. The number of ether oxygens (including phenoxy) is 2. The predicted molar refractivity (Wildman–Crippen MR) is 78.4 cm³/mol. The molecule has 0 bridgehead atoms. The Morgan fingerprint density at radius 1 is 1.33 bits per heavy atom. The Balaban J connectivity index is 2.07. The number of thiazole rings is 1. The minimum Gasteiger partial charge on any atom is -0.490 e. The van der Waals surface area contributed by atoms with E-state index in [-0.39, 0.29) is 5.75 Å². The summed E-state index contributed by atoms with van der Waals surface area (Å²) in [6, 6.07) is 4.79. The van der Waals surface area contributed by atoms with Crippen LogP contribution in [-0.4, -0.2) is 18.2 Å². The van der Waals surface area contributed by atoms with Gasteiger partial charge in [0.1, 0.15) is 0 Å². The molecule has 1 heterocycles. The number of hydrogen-bond donors (Lipinski definition) is 1. The van der Waals surface area contributed by atoms with Crippen LogP contribution in [0.4, 0.5) is 14.5 Å². The Morgan fingerprint density at radius 2 is 2.14 bits per heavy atom. The summed E-state index contributed by atoms with van der Waals surface area (Å²) in [5.74, 6) is 0.328. The van der Waals surface area contributed by atoms with Crippen LogP contribution in [0.5, 0.6) is 11.5 Å². The third kappa shape index (κ3) is 4.56. The van der Waals surface area contributed by atoms with Gasteiger partial charge in [-0.3, -0.25) is 0 Å². The highest BCUT2D eigenvalue weighted by Gasteiger charge is 2.11. The molecule has 2 aromatic rings. The first-order chi connectivity index (χ1) is 10.1. The molecule has 0 spiro atoms. The maximum absolute atomic E-state index is 12.3. The molecule has 0 saturated heterocycles. The highest BCUT2D eigenvalue weighted by Crippen LogP contribution is 2.32. The van der Waals surface area contributed by atoms with Gasteiger partial charge in [0, 0.05) is 22.8 Å². The number of hydrogen-bond acceptors (Lipinski definition) is 5. The van der Waals surface area contributed by atoms with Gasteiger partial charge in [-0.25, -0.2) is 4.98 Å². The molecule has 4 nitrogen and oxygen atoms in total. The molecule has 21 heavy (non-hydrogen) atoms. The van der Waals surface area contributed by atoms with Gasteiger partial charge in [0.15, 0.2) is 11.5 Å². The van der Waals surface area contributed by atoms with Gasteiger partial charge in [0.05, 0.1) is 18.2 Å². The first-order valence-corrected chi connectivity index (χ1v) is 7.27. The van der Waals surface area contributed by atoms with Crippen LogP contribution in [0.15, 0.2) is 24.4 Å². The number of aryl methyl sites for hydroxylation is 1. The first-order valence-electron chi connectivity index (χ1n) is 6.45. The van der Waals surface area contributed by atoms with E-state index in [9.17, 15) is 8.78 Å². The second kappa shape index (κ2) is 7.21. The van der Waals surface area contributed by atoms with Crippen LogP contribution in [0.25, 0.3) is 0 Å². The van der Waals surface area contributed by atoms with Crippen LogP contribution < -0.4 is 14.8 Å². The molecule has 114 valence electrons. The molecule has 1 N–H and O–H groups in total. The fraction of sp³-hybridized carbons (Fsp3) is 0.357. The lowest BCUT2D eigenvalue weighted by Gasteiger charge is -2.13. The van der Waals surface area contributed by atoms with E-state index in [2.05, 4.69) is 15.0 Å². The molecule has 7 heteroatoms. The van der Waals surface area contributed by atoms with Crippen LogP contribution in [0.2, 0.25) is 0 Å².